The Hall–Kier alpha value is -4.80. The number of hydrogen-bond donors (Lipinski definition) is 4. The Morgan fingerprint density at radius 1 is 0.750 bits per heavy atom. The van der Waals surface area contributed by atoms with Crippen molar-refractivity contribution in [1.29, 1.82) is 0 Å². The average molecular weight is 671 g/mol. The maximum Gasteiger partial charge on any atom is 0.371 e. The van der Waals surface area contributed by atoms with Gasteiger partial charge in [-0.25, -0.2) is 4.79 Å². The van der Waals surface area contributed by atoms with Crippen molar-refractivity contribution in [2.75, 3.05) is 65.9 Å². The van der Waals surface area contributed by atoms with Crippen LogP contribution in [-0.4, -0.2) is 94.1 Å². The Bertz CT molecular complexity index is 1790. The first-order chi connectivity index (χ1) is 23.3. The summed E-state index contributed by atoms with van der Waals surface area (Å²) in [4.78, 5) is 49.3. The number of nitrogens with one attached hydrogen (secondary N) is 1. The molecule has 0 bridgehead atoms. The highest BCUT2D eigenvalue weighted by atomic mass is 16.5. The normalized spacial score (nSPS) is 11.9. The Morgan fingerprint density at radius 2 is 1.25 bits per heavy atom. The number of aliphatic hydroxyl groups excluding tert-OH is 1. The summed E-state index contributed by atoms with van der Waals surface area (Å²) in [5.41, 5.74) is 4.40. The molecule has 0 aliphatic rings. The van der Waals surface area contributed by atoms with Crippen LogP contribution in [0.4, 0.5) is 0 Å². The van der Waals surface area contributed by atoms with Crippen LogP contribution < -0.4 is 31.4 Å². The summed E-state index contributed by atoms with van der Waals surface area (Å²) in [6.45, 7) is 3.13. The highest BCUT2D eigenvalue weighted by Crippen LogP contribution is 2.25. The molecule has 1 atom stereocenters. The molecule has 4 rings (SSSR count). The molecule has 48 heavy (non-hydrogen) atoms. The number of carboxylic acids is 1. The van der Waals surface area contributed by atoms with Crippen LogP contribution in [0.5, 0.6) is 11.5 Å². The number of carbonyl (C=O) groups excluding carboxylic acids is 1. The van der Waals surface area contributed by atoms with E-state index in [0.29, 0.717) is 59.2 Å². The highest BCUT2D eigenvalue weighted by Gasteiger charge is 2.18. The second-order valence-corrected chi connectivity index (χ2v) is 10.4. The van der Waals surface area contributed by atoms with Crippen LogP contribution in [-0.2, 0) is 14.2 Å². The van der Waals surface area contributed by atoms with Crippen molar-refractivity contribution >= 4 is 33.8 Å². The van der Waals surface area contributed by atoms with Crippen LogP contribution in [0.2, 0.25) is 0 Å². The molecule has 0 aliphatic heterocycles. The van der Waals surface area contributed by atoms with E-state index in [4.69, 9.17) is 43.4 Å². The van der Waals surface area contributed by atoms with Gasteiger partial charge in [-0.15, -0.1) is 0 Å². The van der Waals surface area contributed by atoms with Crippen molar-refractivity contribution in [1.82, 2.24) is 5.32 Å². The van der Waals surface area contributed by atoms with Gasteiger partial charge in [-0.2, -0.15) is 0 Å². The zero-order chi connectivity index (χ0) is 34.3. The molecule has 4 aromatic rings. The summed E-state index contributed by atoms with van der Waals surface area (Å²) in [7, 11) is 0. The minimum Gasteiger partial charge on any atom is -0.490 e. The summed E-state index contributed by atoms with van der Waals surface area (Å²) < 4.78 is 38.4. The maximum absolute atomic E-state index is 13.0. The fourth-order valence-electron chi connectivity index (χ4n) is 4.42. The zero-order valence-corrected chi connectivity index (χ0v) is 26.1. The Morgan fingerprint density at radius 3 is 1.79 bits per heavy atom. The van der Waals surface area contributed by atoms with E-state index in [1.807, 2.05) is 0 Å². The van der Waals surface area contributed by atoms with Crippen molar-refractivity contribution in [3.63, 3.8) is 0 Å². The number of aliphatic hydroxyl groups is 1. The number of hydrogen-bond acceptors (Lipinski definition) is 13. The third kappa shape index (κ3) is 10.4. The molecule has 15 nitrogen and oxygen atoms in total. The first kappa shape index (κ1) is 36.0. The third-order valence-corrected chi connectivity index (χ3v) is 6.72. The van der Waals surface area contributed by atoms with Crippen molar-refractivity contribution in [2.24, 2.45) is 5.73 Å². The number of aromatic carboxylic acids is 1. The van der Waals surface area contributed by atoms with Gasteiger partial charge < -0.3 is 53.8 Å². The van der Waals surface area contributed by atoms with Crippen molar-refractivity contribution in [3.05, 3.63) is 80.5 Å². The number of rotatable bonds is 21. The van der Waals surface area contributed by atoms with E-state index in [1.165, 1.54) is 30.3 Å². The van der Waals surface area contributed by atoms with Gasteiger partial charge in [0.15, 0.2) is 16.6 Å². The molecule has 1 amide bonds. The number of ether oxygens (including phenoxy) is 5. The minimum absolute atomic E-state index is 0.0153. The van der Waals surface area contributed by atoms with Gasteiger partial charge in [0.1, 0.15) is 52.8 Å². The van der Waals surface area contributed by atoms with Gasteiger partial charge >= 0.3 is 5.97 Å². The van der Waals surface area contributed by atoms with Crippen LogP contribution in [0.3, 0.4) is 0 Å². The molecule has 0 radical (unpaired) electrons. The van der Waals surface area contributed by atoms with Crippen LogP contribution in [0.25, 0.3) is 21.9 Å². The van der Waals surface area contributed by atoms with E-state index >= 15 is 0 Å². The molecule has 5 N–H and O–H groups in total. The lowest BCUT2D eigenvalue weighted by Crippen LogP contribution is -2.27. The second-order valence-electron chi connectivity index (χ2n) is 10.4. The molecule has 1 unspecified atom stereocenters. The number of fused-ring (bicyclic) bond motifs is 2. The Kier molecular flexibility index (Phi) is 13.9. The van der Waals surface area contributed by atoms with Crippen molar-refractivity contribution in [3.8, 4) is 11.5 Å². The number of carboxylic acid groups (broad SMARTS) is 1. The standard InChI is InChI=1S/C33H38N2O13/c34-9-3-11-42-13-15-44-16-14-43-12-4-10-35-32(39)28-17-22(37)30-24(5-1-7-26(30)47-28)45-19-21(36)20-46-25-6-2-8-27-31(25)23(38)18-29(48-27)33(40)41/h1-2,5-8,17-18,21,36H,3-4,9-16,19-20,34H2,(H,35,39)(H,40,41). The Balaban J connectivity index is 1.23. The quantitative estimate of drug-likeness (QED) is 0.0932. The van der Waals surface area contributed by atoms with E-state index in [0.717, 1.165) is 18.6 Å². The van der Waals surface area contributed by atoms with E-state index in [2.05, 4.69) is 5.32 Å². The molecule has 2 aromatic carbocycles. The lowest BCUT2D eigenvalue weighted by molar-refractivity contribution is 0.0141. The van der Waals surface area contributed by atoms with E-state index in [-0.39, 0.29) is 52.4 Å². The minimum atomic E-state index is -1.39. The predicted molar refractivity (Wildman–Crippen MR) is 172 cm³/mol. The fraction of sp³-hybridized carbons (Fsp3) is 0.394. The van der Waals surface area contributed by atoms with Gasteiger partial charge in [-0.05, 0) is 43.7 Å². The molecule has 2 aromatic heterocycles. The fourth-order valence-corrected chi connectivity index (χ4v) is 4.42. The van der Waals surface area contributed by atoms with Crippen molar-refractivity contribution < 1.29 is 52.3 Å². The lowest BCUT2D eigenvalue weighted by Gasteiger charge is -2.15. The number of amides is 1. The van der Waals surface area contributed by atoms with Gasteiger partial charge in [0, 0.05) is 31.9 Å². The van der Waals surface area contributed by atoms with Gasteiger partial charge in [0.05, 0.1) is 26.4 Å². The van der Waals surface area contributed by atoms with Crippen LogP contribution in [0.1, 0.15) is 34.0 Å². The number of carbonyl (C=O) groups is 2. The molecule has 0 saturated carbocycles. The van der Waals surface area contributed by atoms with E-state index in [9.17, 15) is 24.3 Å². The van der Waals surface area contributed by atoms with Gasteiger partial charge in [-0.1, -0.05) is 12.1 Å². The van der Waals surface area contributed by atoms with Crippen molar-refractivity contribution in [2.45, 2.75) is 18.9 Å². The molecule has 258 valence electrons. The maximum atomic E-state index is 13.0. The molecule has 0 saturated heterocycles. The third-order valence-electron chi connectivity index (χ3n) is 6.72. The van der Waals surface area contributed by atoms with Crippen LogP contribution >= 0.6 is 0 Å². The second kappa shape index (κ2) is 18.5. The van der Waals surface area contributed by atoms with Gasteiger partial charge in [0.2, 0.25) is 5.76 Å². The summed E-state index contributed by atoms with van der Waals surface area (Å²) in [6, 6.07) is 10.9. The van der Waals surface area contributed by atoms with Crippen LogP contribution in [0.15, 0.2) is 67.0 Å². The van der Waals surface area contributed by atoms with E-state index < -0.39 is 34.6 Å². The molecule has 0 fully saturated rings. The topological polar surface area (TPSA) is 219 Å². The monoisotopic (exact) mass is 670 g/mol. The number of benzene rings is 2. The van der Waals surface area contributed by atoms with Gasteiger partial charge in [0.25, 0.3) is 5.91 Å². The highest BCUT2D eigenvalue weighted by molar-refractivity contribution is 5.94. The summed E-state index contributed by atoms with van der Waals surface area (Å²) in [6.07, 6.45) is 0.157. The molecular weight excluding hydrogens is 632 g/mol. The lowest BCUT2D eigenvalue weighted by atomic mass is 10.2. The molecule has 0 aliphatic carbocycles. The molecule has 15 heteroatoms. The summed E-state index contributed by atoms with van der Waals surface area (Å²) in [5, 5.41) is 22.4. The molecule has 2 heterocycles. The van der Waals surface area contributed by atoms with E-state index in [1.54, 1.807) is 6.07 Å². The summed E-state index contributed by atoms with van der Waals surface area (Å²) >= 11 is 0. The first-order valence-corrected chi connectivity index (χ1v) is 15.3. The predicted octanol–water partition coefficient (Wildman–Crippen LogP) is 1.93. The first-order valence-electron chi connectivity index (χ1n) is 15.3. The van der Waals surface area contributed by atoms with Crippen LogP contribution in [0, 0.1) is 0 Å². The number of nitrogens with two attached hydrogens (primary N) is 1. The zero-order valence-electron chi connectivity index (χ0n) is 26.1. The molecular formula is C33H38N2O13. The van der Waals surface area contributed by atoms with Gasteiger partial charge in [-0.3, -0.25) is 14.4 Å². The largest absolute Gasteiger partial charge is 0.490 e. The average Bonchev–Trinajstić information content (AvgIpc) is 3.07. The summed E-state index contributed by atoms with van der Waals surface area (Å²) in [5.74, 6) is -2.42. The SMILES string of the molecule is NCCCOCCOCCOCCCNC(=O)c1cc(=O)c2c(OCC(O)COc3cccc4oc(C(=O)O)cc(=O)c34)cccc2o1. The Labute approximate surface area is 274 Å². The molecule has 0 spiro atoms. The smallest absolute Gasteiger partial charge is 0.371 e.